The Morgan fingerprint density at radius 3 is 2.53 bits per heavy atom. The topological polar surface area (TPSA) is 35.2 Å². The predicted octanol–water partition coefficient (Wildman–Crippen LogP) is 2.96. The van der Waals surface area contributed by atoms with Gasteiger partial charge in [-0.05, 0) is 37.6 Å². The van der Waals surface area contributed by atoms with E-state index in [1.54, 1.807) is 0 Å². The molecule has 90 valence electrons. The second-order valence-corrected chi connectivity index (χ2v) is 4.82. The monoisotopic (exact) mass is 213 g/mol. The fraction of sp³-hybridized carbons (Fsp3) is 1.00. The molecule has 0 aromatic heterocycles. The second kappa shape index (κ2) is 8.12. The van der Waals surface area contributed by atoms with Crippen LogP contribution in [0, 0.1) is 11.8 Å². The maximum atomic E-state index is 5.79. The quantitative estimate of drug-likeness (QED) is 0.660. The molecule has 0 saturated heterocycles. The maximum Gasteiger partial charge on any atom is 0.0497 e. The summed E-state index contributed by atoms with van der Waals surface area (Å²) in [6, 6.07) is 0. The molecule has 1 aliphatic carbocycles. The fourth-order valence-electron chi connectivity index (χ4n) is 2.50. The van der Waals surface area contributed by atoms with E-state index >= 15 is 0 Å². The highest BCUT2D eigenvalue weighted by atomic mass is 16.5. The Morgan fingerprint density at radius 1 is 1.13 bits per heavy atom. The number of hydrogen-bond donors (Lipinski definition) is 1. The van der Waals surface area contributed by atoms with Gasteiger partial charge in [0.25, 0.3) is 0 Å². The summed E-state index contributed by atoms with van der Waals surface area (Å²) < 4.78 is 5.75. The normalized spacial score (nSPS) is 26.8. The van der Waals surface area contributed by atoms with E-state index in [4.69, 9.17) is 10.5 Å². The van der Waals surface area contributed by atoms with Gasteiger partial charge in [-0.25, -0.2) is 0 Å². The fourth-order valence-corrected chi connectivity index (χ4v) is 2.50. The summed E-state index contributed by atoms with van der Waals surface area (Å²) in [7, 11) is 0. The highest BCUT2D eigenvalue weighted by molar-refractivity contribution is 4.75. The lowest BCUT2D eigenvalue weighted by molar-refractivity contribution is 0.0590. The third kappa shape index (κ3) is 4.98. The van der Waals surface area contributed by atoms with E-state index < -0.39 is 0 Å². The third-order valence-corrected chi connectivity index (χ3v) is 3.59. The van der Waals surface area contributed by atoms with Gasteiger partial charge >= 0.3 is 0 Å². The molecule has 1 fully saturated rings. The highest BCUT2D eigenvalue weighted by Gasteiger charge is 2.23. The minimum atomic E-state index is 0.727. The summed E-state index contributed by atoms with van der Waals surface area (Å²) in [5.74, 6) is 1.47. The Labute approximate surface area is 94.6 Å². The molecule has 0 bridgehead atoms. The summed E-state index contributed by atoms with van der Waals surface area (Å²) in [5, 5.41) is 0. The standard InChI is InChI=1S/C13H27NO/c1-2-3-6-9-15-11-13-8-5-4-7-12(13)10-14/h12-13H,2-11,14H2,1H3. The number of hydrogen-bond acceptors (Lipinski definition) is 2. The van der Waals surface area contributed by atoms with Crippen LogP contribution in [0.1, 0.15) is 51.9 Å². The van der Waals surface area contributed by atoms with E-state index in [0.29, 0.717) is 0 Å². The minimum absolute atomic E-state index is 0.727. The van der Waals surface area contributed by atoms with Crippen LogP contribution in [0.4, 0.5) is 0 Å². The Hall–Kier alpha value is -0.0800. The summed E-state index contributed by atoms with van der Waals surface area (Å²) in [4.78, 5) is 0. The summed E-state index contributed by atoms with van der Waals surface area (Å²) in [6.07, 6.45) is 9.18. The van der Waals surface area contributed by atoms with E-state index in [1.165, 1.54) is 44.9 Å². The van der Waals surface area contributed by atoms with Crippen molar-refractivity contribution in [2.45, 2.75) is 51.9 Å². The van der Waals surface area contributed by atoms with Crippen molar-refractivity contribution in [1.29, 1.82) is 0 Å². The van der Waals surface area contributed by atoms with Gasteiger partial charge in [0.2, 0.25) is 0 Å². The van der Waals surface area contributed by atoms with Crippen LogP contribution >= 0.6 is 0 Å². The van der Waals surface area contributed by atoms with Gasteiger partial charge in [0.15, 0.2) is 0 Å². The van der Waals surface area contributed by atoms with Crippen molar-refractivity contribution in [3.63, 3.8) is 0 Å². The lowest BCUT2D eigenvalue weighted by atomic mass is 9.80. The Morgan fingerprint density at radius 2 is 1.87 bits per heavy atom. The molecule has 2 N–H and O–H groups in total. The molecule has 2 unspecified atom stereocenters. The summed E-state index contributed by atoms with van der Waals surface area (Å²) in [5.41, 5.74) is 5.79. The molecule has 2 nitrogen and oxygen atoms in total. The van der Waals surface area contributed by atoms with E-state index in [2.05, 4.69) is 6.92 Å². The zero-order chi connectivity index (χ0) is 10.9. The zero-order valence-electron chi connectivity index (χ0n) is 10.2. The Kier molecular flexibility index (Phi) is 7.03. The number of nitrogens with two attached hydrogens (primary N) is 1. The maximum absolute atomic E-state index is 5.79. The molecule has 0 heterocycles. The van der Waals surface area contributed by atoms with Gasteiger partial charge in [0.1, 0.15) is 0 Å². The van der Waals surface area contributed by atoms with Crippen molar-refractivity contribution < 1.29 is 4.74 Å². The van der Waals surface area contributed by atoms with Gasteiger partial charge in [0.05, 0.1) is 0 Å². The molecule has 15 heavy (non-hydrogen) atoms. The predicted molar refractivity (Wildman–Crippen MR) is 64.8 cm³/mol. The lowest BCUT2D eigenvalue weighted by Gasteiger charge is -2.30. The second-order valence-electron chi connectivity index (χ2n) is 4.82. The van der Waals surface area contributed by atoms with Crippen LogP contribution in [-0.2, 0) is 4.74 Å². The SMILES string of the molecule is CCCCCOCC1CCCCC1CN. The van der Waals surface area contributed by atoms with E-state index in [9.17, 15) is 0 Å². The van der Waals surface area contributed by atoms with Gasteiger partial charge in [-0.15, -0.1) is 0 Å². The van der Waals surface area contributed by atoms with Crippen LogP contribution in [0.15, 0.2) is 0 Å². The molecule has 1 saturated carbocycles. The van der Waals surface area contributed by atoms with Gasteiger partial charge in [-0.3, -0.25) is 0 Å². The van der Waals surface area contributed by atoms with Crippen molar-refractivity contribution in [3.05, 3.63) is 0 Å². The average molecular weight is 213 g/mol. The van der Waals surface area contributed by atoms with Crippen molar-refractivity contribution in [2.75, 3.05) is 19.8 Å². The smallest absolute Gasteiger partial charge is 0.0497 e. The molecule has 0 spiro atoms. The first-order valence-electron chi connectivity index (χ1n) is 6.66. The first-order chi connectivity index (χ1) is 7.38. The number of unbranched alkanes of at least 4 members (excludes halogenated alkanes) is 2. The Balaban J connectivity index is 2.07. The molecule has 0 aliphatic heterocycles. The van der Waals surface area contributed by atoms with Gasteiger partial charge < -0.3 is 10.5 Å². The molecule has 1 aliphatic rings. The van der Waals surface area contributed by atoms with E-state index in [1.807, 2.05) is 0 Å². The van der Waals surface area contributed by atoms with E-state index in [-0.39, 0.29) is 0 Å². The first-order valence-corrected chi connectivity index (χ1v) is 6.66. The van der Waals surface area contributed by atoms with Crippen molar-refractivity contribution in [1.82, 2.24) is 0 Å². The number of rotatable bonds is 7. The molecular weight excluding hydrogens is 186 g/mol. The van der Waals surface area contributed by atoms with Crippen LogP contribution in [-0.4, -0.2) is 19.8 Å². The van der Waals surface area contributed by atoms with Crippen molar-refractivity contribution in [3.8, 4) is 0 Å². The minimum Gasteiger partial charge on any atom is -0.381 e. The van der Waals surface area contributed by atoms with Gasteiger partial charge in [-0.2, -0.15) is 0 Å². The highest BCUT2D eigenvalue weighted by Crippen LogP contribution is 2.29. The molecule has 0 aromatic rings. The largest absolute Gasteiger partial charge is 0.381 e. The molecule has 2 atom stereocenters. The van der Waals surface area contributed by atoms with Crippen LogP contribution < -0.4 is 5.73 Å². The molecule has 0 radical (unpaired) electrons. The van der Waals surface area contributed by atoms with Gasteiger partial charge in [-0.1, -0.05) is 32.6 Å². The lowest BCUT2D eigenvalue weighted by Crippen LogP contribution is -2.30. The van der Waals surface area contributed by atoms with Crippen LogP contribution in [0.25, 0.3) is 0 Å². The molecule has 0 aromatic carbocycles. The summed E-state index contributed by atoms with van der Waals surface area (Å²) in [6.45, 7) is 4.97. The van der Waals surface area contributed by atoms with Crippen molar-refractivity contribution >= 4 is 0 Å². The average Bonchev–Trinajstić information content (AvgIpc) is 2.29. The third-order valence-electron chi connectivity index (χ3n) is 3.59. The van der Waals surface area contributed by atoms with Crippen LogP contribution in [0.5, 0.6) is 0 Å². The zero-order valence-corrected chi connectivity index (χ0v) is 10.2. The van der Waals surface area contributed by atoms with Crippen LogP contribution in [0.3, 0.4) is 0 Å². The number of ether oxygens (including phenoxy) is 1. The van der Waals surface area contributed by atoms with Crippen LogP contribution in [0.2, 0.25) is 0 Å². The van der Waals surface area contributed by atoms with Gasteiger partial charge in [0, 0.05) is 13.2 Å². The molecule has 2 heteroatoms. The molecular formula is C13H27NO. The first kappa shape index (κ1) is 13.0. The molecule has 0 amide bonds. The van der Waals surface area contributed by atoms with Crippen molar-refractivity contribution in [2.24, 2.45) is 17.6 Å². The summed E-state index contributed by atoms with van der Waals surface area (Å²) >= 11 is 0. The van der Waals surface area contributed by atoms with E-state index in [0.717, 1.165) is 31.6 Å². The molecule has 1 rings (SSSR count). The Bertz CT molecular complexity index is 149.